The van der Waals surface area contributed by atoms with Crippen molar-refractivity contribution in [3.05, 3.63) is 46.9 Å². The van der Waals surface area contributed by atoms with E-state index >= 15 is 0 Å². The fourth-order valence-electron chi connectivity index (χ4n) is 2.09. The molecule has 104 valence electrons. The zero-order valence-corrected chi connectivity index (χ0v) is 11.3. The van der Waals surface area contributed by atoms with Gasteiger partial charge < -0.3 is 18.6 Å². The van der Waals surface area contributed by atoms with Crippen LogP contribution in [0, 0.1) is 13.8 Å². The van der Waals surface area contributed by atoms with E-state index in [9.17, 15) is 4.79 Å². The molecule has 0 atom stereocenters. The number of fused-ring (bicyclic) bond motifs is 1. The molecule has 0 unspecified atom stereocenters. The Morgan fingerprint density at radius 2 is 2.00 bits per heavy atom. The van der Waals surface area contributed by atoms with Crippen molar-refractivity contribution in [2.24, 2.45) is 0 Å². The molecule has 2 heterocycles. The summed E-state index contributed by atoms with van der Waals surface area (Å²) in [4.78, 5) is 11.9. The van der Waals surface area contributed by atoms with Crippen LogP contribution in [-0.4, -0.2) is 12.8 Å². The van der Waals surface area contributed by atoms with Crippen molar-refractivity contribution in [1.29, 1.82) is 0 Å². The molecule has 0 saturated heterocycles. The third-order valence-electron chi connectivity index (χ3n) is 3.07. The Balaban J connectivity index is 1.67. The number of benzene rings is 1. The van der Waals surface area contributed by atoms with E-state index in [4.69, 9.17) is 18.6 Å². The Morgan fingerprint density at radius 3 is 2.75 bits per heavy atom. The molecule has 5 heteroatoms. The van der Waals surface area contributed by atoms with Crippen LogP contribution in [0.15, 0.2) is 28.7 Å². The van der Waals surface area contributed by atoms with Gasteiger partial charge in [-0.3, -0.25) is 0 Å². The average Bonchev–Trinajstić information content (AvgIpc) is 3.01. The molecule has 20 heavy (non-hydrogen) atoms. The minimum atomic E-state index is -0.392. The smallest absolute Gasteiger partial charge is 0.342 e. The fraction of sp³-hybridized carbons (Fsp3) is 0.267. The number of hydrogen-bond acceptors (Lipinski definition) is 5. The number of aryl methyl sites for hydroxylation is 2. The molecule has 0 aliphatic carbocycles. The van der Waals surface area contributed by atoms with Crippen LogP contribution < -0.4 is 9.47 Å². The van der Waals surface area contributed by atoms with Crippen molar-refractivity contribution >= 4 is 5.97 Å². The van der Waals surface area contributed by atoms with Crippen molar-refractivity contribution in [3.63, 3.8) is 0 Å². The predicted octanol–water partition coefficient (Wildman–Crippen LogP) is 2.98. The number of ether oxygens (including phenoxy) is 3. The molecule has 0 bridgehead atoms. The lowest BCUT2D eigenvalue weighted by Crippen LogP contribution is -2.05. The highest BCUT2D eigenvalue weighted by atomic mass is 16.7. The van der Waals surface area contributed by atoms with E-state index in [2.05, 4.69) is 0 Å². The van der Waals surface area contributed by atoms with Gasteiger partial charge in [-0.05, 0) is 37.6 Å². The molecule has 0 radical (unpaired) electrons. The monoisotopic (exact) mass is 274 g/mol. The Hall–Kier alpha value is -2.43. The summed E-state index contributed by atoms with van der Waals surface area (Å²) >= 11 is 0. The van der Waals surface area contributed by atoms with Crippen molar-refractivity contribution in [2.75, 3.05) is 6.79 Å². The van der Waals surface area contributed by atoms with Crippen LogP contribution in [0.25, 0.3) is 0 Å². The Morgan fingerprint density at radius 1 is 1.20 bits per heavy atom. The molecule has 5 nitrogen and oxygen atoms in total. The van der Waals surface area contributed by atoms with Gasteiger partial charge in [0.15, 0.2) is 11.5 Å². The molecule has 0 fully saturated rings. The van der Waals surface area contributed by atoms with Crippen LogP contribution in [0.1, 0.15) is 27.4 Å². The van der Waals surface area contributed by atoms with Gasteiger partial charge in [0.05, 0.1) is 0 Å². The molecule has 0 saturated carbocycles. The van der Waals surface area contributed by atoms with E-state index in [-0.39, 0.29) is 13.4 Å². The Labute approximate surface area is 116 Å². The van der Waals surface area contributed by atoms with Crippen molar-refractivity contribution in [3.8, 4) is 11.5 Å². The number of rotatable bonds is 3. The first-order chi connectivity index (χ1) is 9.63. The molecular formula is C15H14O5. The SMILES string of the molecule is Cc1cc(C(=O)OCc2ccc3c(c2)OCO3)c(C)o1. The molecule has 0 spiro atoms. The molecule has 1 aliphatic heterocycles. The normalized spacial score (nSPS) is 12.5. The van der Waals surface area contributed by atoms with Gasteiger partial charge in [0.25, 0.3) is 0 Å². The van der Waals surface area contributed by atoms with E-state index in [1.165, 1.54) is 0 Å². The summed E-state index contributed by atoms with van der Waals surface area (Å²) in [6.07, 6.45) is 0. The summed E-state index contributed by atoms with van der Waals surface area (Å²) < 4.78 is 21.1. The van der Waals surface area contributed by atoms with Crippen LogP contribution >= 0.6 is 0 Å². The van der Waals surface area contributed by atoms with Crippen LogP contribution in [0.2, 0.25) is 0 Å². The molecule has 2 aromatic rings. The maximum absolute atomic E-state index is 11.9. The molecule has 1 aromatic heterocycles. The summed E-state index contributed by atoms with van der Waals surface area (Å²) in [5.41, 5.74) is 1.31. The first kappa shape index (κ1) is 12.6. The van der Waals surface area contributed by atoms with Crippen LogP contribution in [0.4, 0.5) is 0 Å². The quantitative estimate of drug-likeness (QED) is 0.805. The summed E-state index contributed by atoms with van der Waals surface area (Å²) in [7, 11) is 0. The molecular weight excluding hydrogens is 260 g/mol. The highest BCUT2D eigenvalue weighted by Gasteiger charge is 2.17. The average molecular weight is 274 g/mol. The number of furan rings is 1. The van der Waals surface area contributed by atoms with E-state index in [1.807, 2.05) is 12.1 Å². The maximum atomic E-state index is 11.9. The van der Waals surface area contributed by atoms with Crippen molar-refractivity contribution in [1.82, 2.24) is 0 Å². The van der Waals surface area contributed by atoms with Crippen molar-refractivity contribution in [2.45, 2.75) is 20.5 Å². The van der Waals surface area contributed by atoms with Crippen LogP contribution in [0.3, 0.4) is 0 Å². The second-order valence-electron chi connectivity index (χ2n) is 4.59. The Kier molecular flexibility index (Phi) is 3.10. The first-order valence-corrected chi connectivity index (χ1v) is 6.26. The van der Waals surface area contributed by atoms with E-state index < -0.39 is 5.97 Å². The van der Waals surface area contributed by atoms with Gasteiger partial charge in [-0.2, -0.15) is 0 Å². The third-order valence-corrected chi connectivity index (χ3v) is 3.07. The topological polar surface area (TPSA) is 57.9 Å². The summed E-state index contributed by atoms with van der Waals surface area (Å²) in [6.45, 7) is 3.94. The second kappa shape index (κ2) is 4.92. The van der Waals surface area contributed by atoms with Gasteiger partial charge >= 0.3 is 5.97 Å². The molecule has 1 aromatic carbocycles. The number of carbonyl (C=O) groups excluding carboxylic acids is 1. The zero-order valence-electron chi connectivity index (χ0n) is 11.3. The minimum Gasteiger partial charge on any atom is -0.466 e. The molecule has 0 N–H and O–H groups in total. The summed E-state index contributed by atoms with van der Waals surface area (Å²) in [5, 5.41) is 0. The van der Waals surface area contributed by atoms with E-state index in [0.29, 0.717) is 28.6 Å². The summed E-state index contributed by atoms with van der Waals surface area (Å²) in [6, 6.07) is 7.13. The Bertz CT molecular complexity index is 656. The highest BCUT2D eigenvalue weighted by Crippen LogP contribution is 2.32. The van der Waals surface area contributed by atoms with Crippen LogP contribution in [0.5, 0.6) is 11.5 Å². The van der Waals surface area contributed by atoms with Gasteiger partial charge in [0.2, 0.25) is 6.79 Å². The number of carbonyl (C=O) groups is 1. The highest BCUT2D eigenvalue weighted by molar-refractivity contribution is 5.90. The van der Waals surface area contributed by atoms with Gasteiger partial charge in [0, 0.05) is 0 Å². The van der Waals surface area contributed by atoms with Gasteiger partial charge in [-0.1, -0.05) is 6.07 Å². The predicted molar refractivity (Wildman–Crippen MR) is 69.9 cm³/mol. The lowest BCUT2D eigenvalue weighted by atomic mass is 10.2. The zero-order chi connectivity index (χ0) is 14.1. The van der Waals surface area contributed by atoms with Crippen LogP contribution in [-0.2, 0) is 11.3 Å². The first-order valence-electron chi connectivity index (χ1n) is 6.26. The van der Waals surface area contributed by atoms with E-state index in [1.54, 1.807) is 26.0 Å². The molecule has 3 rings (SSSR count). The van der Waals surface area contributed by atoms with E-state index in [0.717, 1.165) is 5.56 Å². The van der Waals surface area contributed by atoms with Gasteiger partial charge in [-0.25, -0.2) is 4.79 Å². The standard InChI is InChI=1S/C15H14O5/c1-9-5-12(10(2)20-9)15(16)17-7-11-3-4-13-14(6-11)19-8-18-13/h3-6H,7-8H2,1-2H3. The lowest BCUT2D eigenvalue weighted by Gasteiger charge is -2.05. The summed E-state index contributed by atoms with van der Waals surface area (Å²) in [5.74, 6) is 2.25. The minimum absolute atomic E-state index is 0.180. The number of hydrogen-bond donors (Lipinski definition) is 0. The lowest BCUT2D eigenvalue weighted by molar-refractivity contribution is 0.0470. The third kappa shape index (κ3) is 2.34. The number of esters is 1. The molecule has 1 aliphatic rings. The molecule has 0 amide bonds. The van der Waals surface area contributed by atoms with Gasteiger partial charge in [0.1, 0.15) is 23.7 Å². The van der Waals surface area contributed by atoms with Crippen molar-refractivity contribution < 1.29 is 23.4 Å². The van der Waals surface area contributed by atoms with Gasteiger partial charge in [-0.15, -0.1) is 0 Å². The fourth-order valence-corrected chi connectivity index (χ4v) is 2.09. The second-order valence-corrected chi connectivity index (χ2v) is 4.59. The maximum Gasteiger partial charge on any atom is 0.342 e. The largest absolute Gasteiger partial charge is 0.466 e.